The zero-order valence-corrected chi connectivity index (χ0v) is 14.8. The number of rotatable bonds is 3. The molecule has 5 nitrogen and oxygen atoms in total. The van der Waals surface area contributed by atoms with Crippen LogP contribution in [-0.2, 0) is 10.0 Å². The van der Waals surface area contributed by atoms with Crippen molar-refractivity contribution in [2.75, 3.05) is 13.1 Å². The average Bonchev–Trinajstić information content (AvgIpc) is 2.40. The van der Waals surface area contributed by atoms with E-state index in [0.717, 1.165) is 12.1 Å². The van der Waals surface area contributed by atoms with Crippen LogP contribution in [0.3, 0.4) is 0 Å². The van der Waals surface area contributed by atoms with E-state index in [1.54, 1.807) is 0 Å². The number of hydrogen-bond donors (Lipinski definition) is 1. The highest BCUT2D eigenvalue weighted by molar-refractivity contribution is 7.89. The smallest absolute Gasteiger partial charge is 0.406 e. The van der Waals surface area contributed by atoms with Crippen LogP contribution in [0.5, 0.6) is 5.75 Å². The SMILES string of the molecule is CC1(C)CN(S(=O)(=O)c2cccc(OC(F)(F)F)c2)CCC1N.Cl. The predicted molar refractivity (Wildman–Crippen MR) is 85.5 cm³/mol. The number of benzene rings is 1. The second-order valence-electron chi connectivity index (χ2n) is 6.25. The van der Waals surface area contributed by atoms with Crippen LogP contribution in [0.15, 0.2) is 29.2 Å². The van der Waals surface area contributed by atoms with Crippen LogP contribution in [0.4, 0.5) is 13.2 Å². The molecule has 1 saturated heterocycles. The van der Waals surface area contributed by atoms with Crippen molar-refractivity contribution in [3.05, 3.63) is 24.3 Å². The van der Waals surface area contributed by atoms with Crippen molar-refractivity contribution in [1.82, 2.24) is 4.31 Å². The fraction of sp³-hybridized carbons (Fsp3) is 0.571. The van der Waals surface area contributed by atoms with Crippen molar-refractivity contribution >= 4 is 22.4 Å². The molecule has 1 fully saturated rings. The Kier molecular flexibility index (Phi) is 6.19. The molecule has 0 aliphatic carbocycles. The molecule has 0 radical (unpaired) electrons. The van der Waals surface area contributed by atoms with Gasteiger partial charge in [-0.05, 0) is 24.0 Å². The molecule has 1 aliphatic heterocycles. The van der Waals surface area contributed by atoms with Gasteiger partial charge in [0.2, 0.25) is 10.0 Å². The molecule has 10 heteroatoms. The molecule has 138 valence electrons. The van der Waals surface area contributed by atoms with Crippen LogP contribution in [0.2, 0.25) is 0 Å². The maximum atomic E-state index is 12.6. The lowest BCUT2D eigenvalue weighted by molar-refractivity contribution is -0.274. The van der Waals surface area contributed by atoms with Gasteiger partial charge in [0.1, 0.15) is 5.75 Å². The molecular weight excluding hydrogens is 369 g/mol. The summed E-state index contributed by atoms with van der Waals surface area (Å²) < 4.78 is 67.1. The van der Waals surface area contributed by atoms with Crippen molar-refractivity contribution in [2.45, 2.75) is 37.6 Å². The van der Waals surface area contributed by atoms with E-state index >= 15 is 0 Å². The Balaban J connectivity index is 0.00000288. The van der Waals surface area contributed by atoms with Crippen LogP contribution < -0.4 is 10.5 Å². The van der Waals surface area contributed by atoms with Crippen molar-refractivity contribution < 1.29 is 26.3 Å². The van der Waals surface area contributed by atoms with E-state index in [0.29, 0.717) is 6.42 Å². The van der Waals surface area contributed by atoms with E-state index < -0.39 is 27.6 Å². The van der Waals surface area contributed by atoms with Gasteiger partial charge in [0.15, 0.2) is 0 Å². The van der Waals surface area contributed by atoms with E-state index in [-0.39, 0.29) is 36.4 Å². The zero-order chi connectivity index (χ0) is 17.5. The summed E-state index contributed by atoms with van der Waals surface area (Å²) in [6.45, 7) is 4.17. The summed E-state index contributed by atoms with van der Waals surface area (Å²) in [6, 6.07) is 4.27. The summed E-state index contributed by atoms with van der Waals surface area (Å²) in [5.74, 6) is -0.563. The monoisotopic (exact) mass is 388 g/mol. The van der Waals surface area contributed by atoms with Crippen LogP contribution in [0, 0.1) is 5.41 Å². The number of sulfonamides is 1. The van der Waals surface area contributed by atoms with Crippen molar-refractivity contribution in [3.8, 4) is 5.75 Å². The standard InChI is InChI=1S/C14H19F3N2O3S.ClH/c1-13(2)9-19(7-6-12(13)18)23(20,21)11-5-3-4-10(8-11)22-14(15,16)17;/h3-5,8,12H,6-7,9,18H2,1-2H3;1H. The summed E-state index contributed by atoms with van der Waals surface area (Å²) in [6.07, 6.45) is -4.38. The van der Waals surface area contributed by atoms with E-state index in [1.807, 2.05) is 13.8 Å². The van der Waals surface area contributed by atoms with Gasteiger partial charge in [-0.25, -0.2) is 8.42 Å². The maximum absolute atomic E-state index is 12.6. The molecular formula is C14H20ClF3N2O3S. The van der Waals surface area contributed by atoms with Gasteiger partial charge in [-0.1, -0.05) is 19.9 Å². The number of halogens is 4. The van der Waals surface area contributed by atoms with Crippen LogP contribution >= 0.6 is 12.4 Å². The van der Waals surface area contributed by atoms with Gasteiger partial charge >= 0.3 is 6.36 Å². The molecule has 1 aromatic rings. The second-order valence-corrected chi connectivity index (χ2v) is 8.18. The highest BCUT2D eigenvalue weighted by atomic mass is 35.5. The van der Waals surface area contributed by atoms with Gasteiger partial charge < -0.3 is 10.5 Å². The first-order valence-corrected chi connectivity index (χ1v) is 8.47. The topological polar surface area (TPSA) is 72.6 Å². The highest BCUT2D eigenvalue weighted by Gasteiger charge is 2.39. The Labute approximate surface area is 145 Å². The number of ether oxygens (including phenoxy) is 1. The summed E-state index contributed by atoms with van der Waals surface area (Å²) in [5, 5.41) is 0. The summed E-state index contributed by atoms with van der Waals surface area (Å²) in [4.78, 5) is -0.231. The minimum Gasteiger partial charge on any atom is -0.406 e. The highest BCUT2D eigenvalue weighted by Crippen LogP contribution is 2.32. The lowest BCUT2D eigenvalue weighted by atomic mass is 9.81. The van der Waals surface area contributed by atoms with Crippen LogP contribution in [-0.4, -0.2) is 38.2 Å². The number of piperidine rings is 1. The Morgan fingerprint density at radius 2 is 1.96 bits per heavy atom. The molecule has 0 aromatic heterocycles. The molecule has 2 N–H and O–H groups in total. The summed E-state index contributed by atoms with van der Waals surface area (Å²) >= 11 is 0. The number of alkyl halides is 3. The molecule has 1 aliphatic rings. The minimum absolute atomic E-state index is 0. The molecule has 0 amide bonds. The van der Waals surface area contributed by atoms with Crippen molar-refractivity contribution in [2.24, 2.45) is 11.1 Å². The molecule has 1 unspecified atom stereocenters. The van der Waals surface area contributed by atoms with Gasteiger partial charge in [0.25, 0.3) is 0 Å². The lowest BCUT2D eigenvalue weighted by Gasteiger charge is -2.41. The van der Waals surface area contributed by atoms with E-state index in [4.69, 9.17) is 5.73 Å². The second kappa shape index (κ2) is 7.07. The van der Waals surface area contributed by atoms with Gasteiger partial charge in [0.05, 0.1) is 4.90 Å². The predicted octanol–water partition coefficient (Wildman–Crippen LogP) is 2.75. The van der Waals surface area contributed by atoms with Gasteiger partial charge in [-0.3, -0.25) is 0 Å². The van der Waals surface area contributed by atoms with E-state index in [1.165, 1.54) is 16.4 Å². The third-order valence-corrected chi connectivity index (χ3v) is 5.80. The summed E-state index contributed by atoms with van der Waals surface area (Å²) in [7, 11) is -3.90. The zero-order valence-electron chi connectivity index (χ0n) is 13.2. The van der Waals surface area contributed by atoms with Crippen molar-refractivity contribution in [3.63, 3.8) is 0 Å². The fourth-order valence-corrected chi connectivity index (χ4v) is 4.17. The van der Waals surface area contributed by atoms with Crippen LogP contribution in [0.25, 0.3) is 0 Å². The number of nitrogens with two attached hydrogens (primary N) is 1. The molecule has 0 saturated carbocycles. The largest absolute Gasteiger partial charge is 0.573 e. The normalized spacial score (nSPS) is 21.8. The quantitative estimate of drug-likeness (QED) is 0.864. The van der Waals surface area contributed by atoms with E-state index in [9.17, 15) is 21.6 Å². The fourth-order valence-electron chi connectivity index (χ4n) is 2.51. The first kappa shape index (κ1) is 21.0. The molecule has 1 heterocycles. The number of nitrogens with zero attached hydrogens (tertiary/aromatic N) is 1. The molecule has 0 bridgehead atoms. The first-order valence-electron chi connectivity index (χ1n) is 7.03. The molecule has 0 spiro atoms. The summed E-state index contributed by atoms with van der Waals surface area (Å²) in [5.41, 5.74) is 5.57. The molecule has 24 heavy (non-hydrogen) atoms. The lowest BCUT2D eigenvalue weighted by Crippen LogP contribution is -2.53. The number of hydrogen-bond acceptors (Lipinski definition) is 4. The average molecular weight is 389 g/mol. The minimum atomic E-state index is -4.87. The van der Waals surface area contributed by atoms with Gasteiger partial charge in [0, 0.05) is 25.2 Å². The Bertz CT molecular complexity index is 680. The van der Waals surface area contributed by atoms with E-state index in [2.05, 4.69) is 4.74 Å². The Hall–Kier alpha value is -1.03. The third kappa shape index (κ3) is 4.75. The van der Waals surface area contributed by atoms with Crippen LogP contribution in [0.1, 0.15) is 20.3 Å². The maximum Gasteiger partial charge on any atom is 0.573 e. The molecule has 1 atom stereocenters. The van der Waals surface area contributed by atoms with Gasteiger partial charge in [-0.2, -0.15) is 4.31 Å². The Morgan fingerprint density at radius 3 is 2.50 bits per heavy atom. The van der Waals surface area contributed by atoms with Crippen molar-refractivity contribution in [1.29, 1.82) is 0 Å². The Morgan fingerprint density at radius 1 is 1.33 bits per heavy atom. The molecule has 1 aromatic carbocycles. The third-order valence-electron chi connectivity index (χ3n) is 3.95. The van der Waals surface area contributed by atoms with Gasteiger partial charge in [-0.15, -0.1) is 25.6 Å². The first-order chi connectivity index (χ1) is 10.4. The molecule has 2 rings (SSSR count).